The lowest BCUT2D eigenvalue weighted by Crippen LogP contribution is -2.43. The summed E-state index contributed by atoms with van der Waals surface area (Å²) in [6.07, 6.45) is 1.79. The fraction of sp³-hybridized carbons (Fsp3) is 0.500. The zero-order valence-electron chi connectivity index (χ0n) is 20.2. The van der Waals surface area contributed by atoms with E-state index in [1.807, 2.05) is 13.8 Å². The van der Waals surface area contributed by atoms with Crippen LogP contribution in [0.4, 0.5) is 10.5 Å². The number of hydrogen-bond acceptors (Lipinski definition) is 6. The third-order valence-electron chi connectivity index (χ3n) is 6.14. The minimum absolute atomic E-state index is 0.189. The minimum atomic E-state index is -0.266. The smallest absolute Gasteiger partial charge is 0.321 e. The molecule has 3 heterocycles. The third kappa shape index (κ3) is 4.63. The van der Waals surface area contributed by atoms with Crippen LogP contribution in [0.2, 0.25) is 0 Å². The Balaban J connectivity index is 1.78. The molecule has 1 aliphatic rings. The van der Waals surface area contributed by atoms with Gasteiger partial charge in [0.1, 0.15) is 11.6 Å². The molecule has 3 aromatic rings. The van der Waals surface area contributed by atoms with E-state index >= 15 is 0 Å². The number of H-pyrrole nitrogens is 1. The predicted molar refractivity (Wildman–Crippen MR) is 130 cm³/mol. The number of aryl methyl sites for hydroxylation is 1. The van der Waals surface area contributed by atoms with E-state index in [1.165, 1.54) is 0 Å². The van der Waals surface area contributed by atoms with Crippen LogP contribution in [0.15, 0.2) is 23.0 Å². The molecule has 2 amide bonds. The lowest BCUT2D eigenvalue weighted by atomic mass is 10.0. The molecule has 0 atom stereocenters. The fourth-order valence-electron chi connectivity index (χ4n) is 4.28. The number of hydrogen-bond donors (Lipinski definition) is 2. The van der Waals surface area contributed by atoms with Crippen LogP contribution >= 0.6 is 0 Å². The summed E-state index contributed by atoms with van der Waals surface area (Å²) in [6.45, 7) is 10.5. The molecule has 182 valence electrons. The van der Waals surface area contributed by atoms with Gasteiger partial charge in [0.05, 0.1) is 31.1 Å². The van der Waals surface area contributed by atoms with Crippen molar-refractivity contribution in [3.63, 3.8) is 0 Å². The van der Waals surface area contributed by atoms with E-state index in [9.17, 15) is 9.59 Å². The topological polar surface area (TPSA) is 114 Å². The second-order valence-electron chi connectivity index (χ2n) is 8.31. The Bertz CT molecular complexity index is 1220. The number of carbonyl (C=O) groups is 1. The first kappa shape index (κ1) is 23.7. The summed E-state index contributed by atoms with van der Waals surface area (Å²) in [5.41, 5.74) is 2.00. The fourth-order valence-corrected chi connectivity index (χ4v) is 4.28. The number of ether oxygens (including phenoxy) is 2. The van der Waals surface area contributed by atoms with E-state index in [-0.39, 0.29) is 17.5 Å². The van der Waals surface area contributed by atoms with Gasteiger partial charge in [-0.1, -0.05) is 13.8 Å². The van der Waals surface area contributed by atoms with Crippen molar-refractivity contribution in [3.8, 4) is 17.1 Å². The van der Waals surface area contributed by atoms with E-state index in [1.54, 1.807) is 27.6 Å². The summed E-state index contributed by atoms with van der Waals surface area (Å²) >= 11 is 0. The summed E-state index contributed by atoms with van der Waals surface area (Å²) in [5, 5.41) is 7.71. The van der Waals surface area contributed by atoms with Crippen LogP contribution in [0.1, 0.15) is 51.0 Å². The number of morpholine rings is 1. The van der Waals surface area contributed by atoms with Gasteiger partial charge in [0.25, 0.3) is 5.56 Å². The first-order valence-corrected chi connectivity index (χ1v) is 11.9. The van der Waals surface area contributed by atoms with Crippen molar-refractivity contribution in [1.82, 2.24) is 24.5 Å². The molecule has 34 heavy (non-hydrogen) atoms. The van der Waals surface area contributed by atoms with Crippen molar-refractivity contribution in [2.24, 2.45) is 0 Å². The maximum atomic E-state index is 13.1. The molecule has 2 N–H and O–H groups in total. The van der Waals surface area contributed by atoms with Gasteiger partial charge >= 0.3 is 6.03 Å². The van der Waals surface area contributed by atoms with E-state index in [2.05, 4.69) is 29.1 Å². The lowest BCUT2D eigenvalue weighted by molar-refractivity contribution is 0.0564. The highest BCUT2D eigenvalue weighted by Crippen LogP contribution is 2.31. The SMILES string of the molecule is CCOc1ccc(NC(=O)N2CCOCC2)cc1-c1nn2c(C(CC)CC)nc(C)c2c(=O)[nH]1. The number of rotatable bonds is 7. The standard InChI is InChI=1S/C24H32N6O4/c1-5-16(6-2)22-25-15(4)20-23(31)27-21(28-30(20)22)18-14-17(8-9-19(18)34-7-3)26-24(32)29-10-12-33-13-11-29/h8-9,14,16H,5-7,10-13H2,1-4H3,(H,26,32)(H,27,28,31). The summed E-state index contributed by atoms with van der Waals surface area (Å²) in [6, 6.07) is 5.13. The molecule has 10 heteroatoms. The molecule has 0 aliphatic carbocycles. The molecular formula is C24H32N6O4. The summed E-state index contributed by atoms with van der Waals surface area (Å²) < 4.78 is 12.8. The molecule has 1 fully saturated rings. The number of anilines is 1. The summed E-state index contributed by atoms with van der Waals surface area (Å²) in [7, 11) is 0. The van der Waals surface area contributed by atoms with Gasteiger partial charge in [-0.15, -0.1) is 5.10 Å². The number of urea groups is 1. The summed E-state index contributed by atoms with van der Waals surface area (Å²) in [5.74, 6) is 1.89. The van der Waals surface area contributed by atoms with Crippen LogP contribution in [-0.4, -0.2) is 63.4 Å². The Morgan fingerprint density at radius 2 is 1.97 bits per heavy atom. The number of aromatic amines is 1. The van der Waals surface area contributed by atoms with Gasteiger partial charge in [0.15, 0.2) is 11.3 Å². The number of nitrogens with zero attached hydrogens (tertiary/aromatic N) is 4. The number of carbonyl (C=O) groups excluding carboxylic acids is 1. The van der Waals surface area contributed by atoms with E-state index in [4.69, 9.17) is 14.6 Å². The quantitative estimate of drug-likeness (QED) is 0.548. The Morgan fingerprint density at radius 3 is 2.65 bits per heavy atom. The van der Waals surface area contributed by atoms with Gasteiger partial charge in [-0.05, 0) is 44.9 Å². The van der Waals surface area contributed by atoms with Crippen molar-refractivity contribution < 1.29 is 14.3 Å². The van der Waals surface area contributed by atoms with Gasteiger partial charge in [0.2, 0.25) is 0 Å². The average molecular weight is 469 g/mol. The Kier molecular flexibility index (Phi) is 7.16. The number of fused-ring (bicyclic) bond motifs is 1. The summed E-state index contributed by atoms with van der Waals surface area (Å²) in [4.78, 5) is 35.0. The van der Waals surface area contributed by atoms with Gasteiger partial charge in [-0.2, -0.15) is 0 Å². The number of benzene rings is 1. The number of imidazole rings is 1. The van der Waals surface area contributed by atoms with Crippen LogP contribution in [-0.2, 0) is 4.74 Å². The molecule has 10 nitrogen and oxygen atoms in total. The molecule has 2 aromatic heterocycles. The molecule has 1 aliphatic heterocycles. The molecule has 0 saturated carbocycles. The van der Waals surface area contributed by atoms with Crippen molar-refractivity contribution in [2.45, 2.75) is 46.5 Å². The van der Waals surface area contributed by atoms with Crippen LogP contribution in [0.3, 0.4) is 0 Å². The molecule has 0 unspecified atom stereocenters. The third-order valence-corrected chi connectivity index (χ3v) is 6.14. The Hall–Kier alpha value is -3.40. The van der Waals surface area contributed by atoms with Crippen molar-refractivity contribution in [2.75, 3.05) is 38.2 Å². The highest BCUT2D eigenvalue weighted by molar-refractivity contribution is 5.90. The van der Waals surface area contributed by atoms with Crippen LogP contribution in [0.5, 0.6) is 5.75 Å². The van der Waals surface area contributed by atoms with E-state index in [0.29, 0.717) is 66.9 Å². The van der Waals surface area contributed by atoms with Crippen LogP contribution in [0.25, 0.3) is 16.9 Å². The molecular weight excluding hydrogens is 436 g/mol. The largest absolute Gasteiger partial charge is 0.493 e. The second kappa shape index (κ2) is 10.3. The normalized spacial score (nSPS) is 14.1. The van der Waals surface area contributed by atoms with E-state index in [0.717, 1.165) is 18.7 Å². The maximum absolute atomic E-state index is 13.1. The average Bonchev–Trinajstić information content (AvgIpc) is 3.18. The minimum Gasteiger partial charge on any atom is -0.493 e. The molecule has 0 radical (unpaired) electrons. The van der Waals surface area contributed by atoms with Crippen molar-refractivity contribution >= 4 is 17.2 Å². The number of nitrogens with one attached hydrogen (secondary N) is 2. The molecule has 0 bridgehead atoms. The maximum Gasteiger partial charge on any atom is 0.321 e. The van der Waals surface area contributed by atoms with Crippen LogP contribution < -0.4 is 15.6 Å². The zero-order valence-corrected chi connectivity index (χ0v) is 20.2. The molecule has 1 saturated heterocycles. The van der Waals surface area contributed by atoms with Gasteiger partial charge < -0.3 is 24.7 Å². The molecule has 1 aromatic carbocycles. The van der Waals surface area contributed by atoms with Gasteiger partial charge in [0, 0.05) is 24.7 Å². The monoisotopic (exact) mass is 468 g/mol. The molecule has 4 rings (SSSR count). The Morgan fingerprint density at radius 1 is 1.24 bits per heavy atom. The van der Waals surface area contributed by atoms with Crippen LogP contribution in [0, 0.1) is 6.92 Å². The van der Waals surface area contributed by atoms with Crippen molar-refractivity contribution in [3.05, 3.63) is 40.1 Å². The first-order valence-electron chi connectivity index (χ1n) is 11.9. The highest BCUT2D eigenvalue weighted by atomic mass is 16.5. The molecule has 0 spiro atoms. The van der Waals surface area contributed by atoms with E-state index < -0.39 is 0 Å². The zero-order chi connectivity index (χ0) is 24.2. The Labute approximate surface area is 198 Å². The van der Waals surface area contributed by atoms with Gasteiger partial charge in [-0.3, -0.25) is 4.79 Å². The van der Waals surface area contributed by atoms with Crippen molar-refractivity contribution in [1.29, 1.82) is 0 Å². The van der Waals surface area contributed by atoms with Gasteiger partial charge in [-0.25, -0.2) is 14.3 Å². The number of amides is 2. The first-order chi connectivity index (χ1) is 16.5. The second-order valence-corrected chi connectivity index (χ2v) is 8.31. The lowest BCUT2D eigenvalue weighted by Gasteiger charge is -2.27. The highest BCUT2D eigenvalue weighted by Gasteiger charge is 2.22. The predicted octanol–water partition coefficient (Wildman–Crippen LogP) is 3.56. The number of aromatic nitrogens is 4.